The van der Waals surface area contributed by atoms with Gasteiger partial charge in [0.1, 0.15) is 0 Å². The quantitative estimate of drug-likeness (QED) is 0.466. The molecule has 0 aliphatic rings. The second-order valence-corrected chi connectivity index (χ2v) is 1.05. The van der Waals surface area contributed by atoms with Crippen molar-refractivity contribution in [2.45, 2.75) is 20.0 Å². The molecule has 0 heterocycles. The van der Waals surface area contributed by atoms with Gasteiger partial charge in [0.05, 0.1) is 0 Å². The molecule has 0 spiro atoms. The van der Waals surface area contributed by atoms with Gasteiger partial charge in [-0.15, -0.1) is 6.10 Å². The smallest absolute Gasteiger partial charge is 0.852 e. The third-order valence-electron chi connectivity index (χ3n) is 0. The number of hydrogen-bond donors (Lipinski definition) is 0. The summed E-state index contributed by atoms with van der Waals surface area (Å²) >= 11 is 0. The van der Waals surface area contributed by atoms with E-state index in [0.29, 0.717) is 0 Å². The van der Waals surface area contributed by atoms with Crippen molar-refractivity contribution < 1.29 is 5.11 Å². The minimum absolute atomic E-state index is 0. The van der Waals surface area contributed by atoms with Gasteiger partial charge in [-0.1, -0.05) is 13.8 Å². The normalized spacial score (nSPS) is 6.00. The molecule has 0 amide bonds. The van der Waals surface area contributed by atoms with Crippen LogP contribution in [0, 0.1) is 0 Å². The SMILES string of the molecule is CC(C)[O-].[NH2-].[Sr+2]. The van der Waals surface area contributed by atoms with E-state index in [4.69, 9.17) is 0 Å². The van der Waals surface area contributed by atoms with Crippen LogP contribution >= 0.6 is 0 Å². The number of hydrogen-bond acceptors (Lipinski definition) is 1. The molecule has 2 N–H and O–H groups in total. The third-order valence-corrected chi connectivity index (χ3v) is 0. The van der Waals surface area contributed by atoms with Crippen molar-refractivity contribution in [2.24, 2.45) is 0 Å². The Bertz CT molecular complexity index is 15.5. The summed E-state index contributed by atoms with van der Waals surface area (Å²) in [5.74, 6) is 0. The zero-order chi connectivity index (χ0) is 3.58. The second kappa shape index (κ2) is 9.64. The maximum absolute atomic E-state index is 9.53. The van der Waals surface area contributed by atoms with Gasteiger partial charge in [-0.3, -0.25) is 0 Å². The Morgan fingerprint density at radius 3 is 1.33 bits per heavy atom. The molecule has 0 aromatic rings. The van der Waals surface area contributed by atoms with Crippen molar-refractivity contribution in [3.63, 3.8) is 0 Å². The van der Waals surface area contributed by atoms with E-state index in [9.17, 15) is 5.11 Å². The molecular formula is C3H9NOSr. The van der Waals surface area contributed by atoms with Gasteiger partial charge in [-0.25, -0.2) is 0 Å². The Hall–Kier alpha value is 1.40. The van der Waals surface area contributed by atoms with Crippen LogP contribution in [0.2, 0.25) is 0 Å². The molecule has 34 valence electrons. The summed E-state index contributed by atoms with van der Waals surface area (Å²) in [5, 5.41) is 9.53. The summed E-state index contributed by atoms with van der Waals surface area (Å²) in [7, 11) is 0. The summed E-state index contributed by atoms with van der Waals surface area (Å²) < 4.78 is 0. The van der Waals surface area contributed by atoms with Crippen LogP contribution in [0.1, 0.15) is 13.8 Å². The van der Waals surface area contributed by atoms with E-state index < -0.39 is 6.10 Å². The largest absolute Gasteiger partial charge is 2.00 e. The van der Waals surface area contributed by atoms with Crippen LogP contribution < -0.4 is 5.11 Å². The fourth-order valence-electron chi connectivity index (χ4n) is 0. The molecule has 3 heteroatoms. The maximum atomic E-state index is 9.53. The van der Waals surface area contributed by atoms with E-state index in [2.05, 4.69) is 0 Å². The zero-order valence-corrected chi connectivity index (χ0v) is 7.75. The van der Waals surface area contributed by atoms with Crippen molar-refractivity contribution >= 4 is 45.5 Å². The van der Waals surface area contributed by atoms with Gasteiger partial charge >= 0.3 is 45.5 Å². The first-order valence-electron chi connectivity index (χ1n) is 1.39. The van der Waals surface area contributed by atoms with Crippen LogP contribution in [0.3, 0.4) is 0 Å². The minimum Gasteiger partial charge on any atom is -0.852 e. The molecule has 0 atom stereocenters. The van der Waals surface area contributed by atoms with E-state index in [1.165, 1.54) is 0 Å². The Kier molecular flexibility index (Phi) is 25.2. The molecule has 0 aromatic heterocycles. The molecule has 0 aliphatic carbocycles. The fourth-order valence-corrected chi connectivity index (χ4v) is 0. The molecule has 2 nitrogen and oxygen atoms in total. The molecule has 6 heavy (non-hydrogen) atoms. The van der Waals surface area contributed by atoms with Gasteiger partial charge in [0.15, 0.2) is 0 Å². The first kappa shape index (κ1) is 15.7. The number of nitrogens with two attached hydrogens (primary N) is 1. The van der Waals surface area contributed by atoms with Crippen LogP contribution in [0.4, 0.5) is 0 Å². The molecule has 0 radical (unpaired) electrons. The average molecular weight is 163 g/mol. The van der Waals surface area contributed by atoms with Gasteiger partial charge in [-0.05, 0) is 0 Å². The minimum atomic E-state index is -0.417. The van der Waals surface area contributed by atoms with Crippen LogP contribution in [-0.4, -0.2) is 51.6 Å². The Morgan fingerprint density at radius 1 is 1.33 bits per heavy atom. The van der Waals surface area contributed by atoms with E-state index in [1.54, 1.807) is 13.8 Å². The van der Waals surface area contributed by atoms with Crippen molar-refractivity contribution in [2.75, 3.05) is 0 Å². The predicted octanol–water partition coefficient (Wildman–Crippen LogP) is 0.0914. The fraction of sp³-hybridized carbons (Fsp3) is 1.00. The second-order valence-electron chi connectivity index (χ2n) is 1.05. The third kappa shape index (κ3) is 53.3. The average Bonchev–Trinajstić information content (AvgIpc) is 0.811. The Morgan fingerprint density at radius 2 is 1.33 bits per heavy atom. The molecule has 0 aliphatic heterocycles. The monoisotopic (exact) mass is 163 g/mol. The van der Waals surface area contributed by atoms with Gasteiger partial charge < -0.3 is 11.3 Å². The summed E-state index contributed by atoms with van der Waals surface area (Å²) in [6, 6.07) is 0. The molecule has 0 unspecified atom stereocenters. The van der Waals surface area contributed by atoms with Crippen LogP contribution in [0.15, 0.2) is 0 Å². The molecule has 0 saturated carbocycles. The maximum Gasteiger partial charge on any atom is 2.00 e. The Balaban J connectivity index is -0.0000000450. The summed E-state index contributed by atoms with van der Waals surface area (Å²) in [6.07, 6.45) is -0.417. The van der Waals surface area contributed by atoms with Crippen molar-refractivity contribution in [1.82, 2.24) is 0 Å². The van der Waals surface area contributed by atoms with Crippen LogP contribution in [0.5, 0.6) is 0 Å². The van der Waals surface area contributed by atoms with E-state index in [-0.39, 0.29) is 51.6 Å². The molecule has 0 aromatic carbocycles. The molecular weight excluding hydrogens is 154 g/mol. The van der Waals surface area contributed by atoms with Gasteiger partial charge in [0.25, 0.3) is 0 Å². The first-order valence-corrected chi connectivity index (χ1v) is 1.39. The summed E-state index contributed by atoms with van der Waals surface area (Å²) in [6.45, 7) is 3.22. The molecule has 0 bridgehead atoms. The van der Waals surface area contributed by atoms with Gasteiger partial charge in [0.2, 0.25) is 0 Å². The zero-order valence-electron chi connectivity index (χ0n) is 4.27. The van der Waals surface area contributed by atoms with E-state index >= 15 is 0 Å². The van der Waals surface area contributed by atoms with E-state index in [1.807, 2.05) is 0 Å². The predicted molar refractivity (Wildman–Crippen MR) is 26.2 cm³/mol. The summed E-state index contributed by atoms with van der Waals surface area (Å²) in [5.41, 5.74) is 0. The standard InChI is InChI=1S/C3H7O.H2N.Sr/c1-3(2)4;;/h3H,1-2H3;1H2;/q2*-1;+2. The molecule has 0 fully saturated rings. The Labute approximate surface area is 75.8 Å². The number of rotatable bonds is 0. The van der Waals surface area contributed by atoms with Crippen molar-refractivity contribution in [3.05, 3.63) is 6.15 Å². The van der Waals surface area contributed by atoms with E-state index in [0.717, 1.165) is 0 Å². The van der Waals surface area contributed by atoms with Crippen LogP contribution in [0.25, 0.3) is 6.15 Å². The van der Waals surface area contributed by atoms with Gasteiger partial charge in [-0.2, -0.15) is 0 Å². The topological polar surface area (TPSA) is 56.6 Å². The van der Waals surface area contributed by atoms with Crippen molar-refractivity contribution in [3.8, 4) is 0 Å². The van der Waals surface area contributed by atoms with Gasteiger partial charge in [0, 0.05) is 0 Å². The molecule has 0 saturated heterocycles. The van der Waals surface area contributed by atoms with Crippen LogP contribution in [-0.2, 0) is 0 Å². The van der Waals surface area contributed by atoms with Crippen molar-refractivity contribution in [1.29, 1.82) is 0 Å². The molecule has 0 rings (SSSR count). The summed E-state index contributed by atoms with van der Waals surface area (Å²) in [4.78, 5) is 0. The first-order chi connectivity index (χ1) is 1.73.